The van der Waals surface area contributed by atoms with Crippen LogP contribution < -0.4 is 9.47 Å². The fourth-order valence-corrected chi connectivity index (χ4v) is 3.77. The zero-order valence-electron chi connectivity index (χ0n) is 16.1. The van der Waals surface area contributed by atoms with E-state index in [4.69, 9.17) is 9.47 Å². The van der Waals surface area contributed by atoms with Crippen LogP contribution >= 0.6 is 0 Å². The summed E-state index contributed by atoms with van der Waals surface area (Å²) in [6, 6.07) is 29.3. The van der Waals surface area contributed by atoms with Crippen molar-refractivity contribution in [3.8, 4) is 11.5 Å². The molecule has 0 radical (unpaired) electrons. The van der Waals surface area contributed by atoms with E-state index in [-0.39, 0.29) is 12.2 Å². The maximum absolute atomic E-state index is 13.1. The highest BCUT2D eigenvalue weighted by atomic mass is 16.7. The largest absolute Gasteiger partial charge is 0.444 e. The van der Waals surface area contributed by atoms with Crippen molar-refractivity contribution in [3.05, 3.63) is 108 Å². The molecule has 1 aliphatic heterocycles. The minimum Gasteiger partial charge on any atom is -0.444 e. The Labute approximate surface area is 169 Å². The fourth-order valence-electron chi connectivity index (χ4n) is 3.77. The van der Waals surface area contributed by atoms with Gasteiger partial charge in [-0.2, -0.15) is 0 Å². The Bertz CT molecular complexity index is 1150. The maximum atomic E-state index is 13.1. The molecule has 3 nitrogen and oxygen atoms in total. The zero-order chi connectivity index (χ0) is 19.8. The molecular formula is C26H20O3. The Kier molecular flexibility index (Phi) is 4.09. The number of carbonyl (C=O) groups excluding carboxylic acids is 1. The molecular weight excluding hydrogens is 360 g/mol. The van der Waals surface area contributed by atoms with E-state index in [1.807, 2.05) is 97.9 Å². The molecule has 0 bridgehead atoms. The van der Waals surface area contributed by atoms with Gasteiger partial charge in [-0.3, -0.25) is 4.79 Å². The van der Waals surface area contributed by atoms with Crippen molar-refractivity contribution in [1.82, 2.24) is 0 Å². The summed E-state index contributed by atoms with van der Waals surface area (Å²) in [7, 11) is 0. The second-order valence-corrected chi connectivity index (χ2v) is 7.44. The van der Waals surface area contributed by atoms with Gasteiger partial charge in [-0.05, 0) is 29.8 Å². The first-order chi connectivity index (χ1) is 14.1. The van der Waals surface area contributed by atoms with Gasteiger partial charge in [0.1, 0.15) is 0 Å². The van der Waals surface area contributed by atoms with E-state index in [9.17, 15) is 4.79 Å². The number of benzene rings is 4. The number of aryl methyl sites for hydroxylation is 1. The van der Waals surface area contributed by atoms with Gasteiger partial charge in [-0.1, -0.05) is 84.4 Å². The second-order valence-electron chi connectivity index (χ2n) is 7.44. The average molecular weight is 380 g/mol. The Hall–Kier alpha value is -3.59. The number of ether oxygens (including phenoxy) is 2. The second kappa shape index (κ2) is 6.78. The SMILES string of the molecule is Cc1ccc(C2(CC(=O)c3ccccc3)Oc3cc4ccccc4cc3O2)cc1. The summed E-state index contributed by atoms with van der Waals surface area (Å²) in [5, 5.41) is 2.15. The summed E-state index contributed by atoms with van der Waals surface area (Å²) in [6.45, 7) is 2.03. The number of hydrogen-bond donors (Lipinski definition) is 0. The predicted octanol–water partition coefficient (Wildman–Crippen LogP) is 6.05. The van der Waals surface area contributed by atoms with Crippen LogP contribution in [0.3, 0.4) is 0 Å². The van der Waals surface area contributed by atoms with E-state index in [1.54, 1.807) is 0 Å². The lowest BCUT2D eigenvalue weighted by Crippen LogP contribution is -2.38. The molecule has 3 heteroatoms. The zero-order valence-corrected chi connectivity index (χ0v) is 16.1. The third kappa shape index (κ3) is 3.15. The van der Waals surface area contributed by atoms with Crippen molar-refractivity contribution < 1.29 is 14.3 Å². The van der Waals surface area contributed by atoms with Crippen LogP contribution in [0, 0.1) is 6.92 Å². The van der Waals surface area contributed by atoms with Crippen LogP contribution in [-0.2, 0) is 5.79 Å². The molecule has 29 heavy (non-hydrogen) atoms. The molecule has 142 valence electrons. The van der Waals surface area contributed by atoms with Gasteiger partial charge in [-0.25, -0.2) is 0 Å². The number of rotatable bonds is 4. The molecule has 0 spiro atoms. The van der Waals surface area contributed by atoms with E-state index in [2.05, 4.69) is 0 Å². The summed E-state index contributed by atoms with van der Waals surface area (Å²) in [6.07, 6.45) is 0.0884. The Morgan fingerprint density at radius 1 is 0.759 bits per heavy atom. The minimum atomic E-state index is -1.18. The van der Waals surface area contributed by atoms with Crippen molar-refractivity contribution in [1.29, 1.82) is 0 Å². The van der Waals surface area contributed by atoms with E-state index >= 15 is 0 Å². The summed E-state index contributed by atoms with van der Waals surface area (Å²) >= 11 is 0. The molecule has 5 rings (SSSR count). The number of Topliss-reactive ketones (excluding diaryl/α,β-unsaturated/α-hetero) is 1. The molecule has 4 aromatic rings. The first-order valence-corrected chi connectivity index (χ1v) is 9.69. The lowest BCUT2D eigenvalue weighted by Gasteiger charge is -2.27. The lowest BCUT2D eigenvalue weighted by molar-refractivity contribution is -0.0846. The molecule has 0 saturated carbocycles. The molecule has 1 heterocycles. The van der Waals surface area contributed by atoms with Gasteiger partial charge in [0.15, 0.2) is 17.3 Å². The monoisotopic (exact) mass is 380 g/mol. The fraction of sp³-hybridized carbons (Fsp3) is 0.115. The van der Waals surface area contributed by atoms with E-state index < -0.39 is 5.79 Å². The van der Waals surface area contributed by atoms with Crippen LogP contribution in [0.25, 0.3) is 10.8 Å². The van der Waals surface area contributed by atoms with E-state index in [1.165, 1.54) is 0 Å². The van der Waals surface area contributed by atoms with Crippen molar-refractivity contribution in [2.75, 3.05) is 0 Å². The quantitative estimate of drug-likeness (QED) is 0.405. The average Bonchev–Trinajstić information content (AvgIpc) is 3.10. The third-order valence-electron chi connectivity index (χ3n) is 5.34. The highest BCUT2D eigenvalue weighted by Gasteiger charge is 2.45. The molecule has 1 aliphatic rings. The Morgan fingerprint density at radius 3 is 1.90 bits per heavy atom. The van der Waals surface area contributed by atoms with Crippen molar-refractivity contribution in [2.24, 2.45) is 0 Å². The van der Waals surface area contributed by atoms with Crippen LogP contribution in [-0.4, -0.2) is 5.78 Å². The lowest BCUT2D eigenvalue weighted by atomic mass is 9.96. The van der Waals surface area contributed by atoms with E-state index in [0.717, 1.165) is 21.9 Å². The van der Waals surface area contributed by atoms with Crippen LogP contribution in [0.1, 0.15) is 27.9 Å². The molecule has 0 fully saturated rings. The maximum Gasteiger partial charge on any atom is 0.285 e. The standard InChI is InChI=1S/C26H20O3/c1-18-11-13-22(14-12-18)26(17-23(27)19-7-3-2-4-8-19)28-24-15-20-9-5-6-10-21(20)16-25(24)29-26/h2-16H,17H2,1H3. The molecule has 0 aromatic heterocycles. The number of carbonyl (C=O) groups is 1. The van der Waals surface area contributed by atoms with Gasteiger partial charge in [-0.15, -0.1) is 0 Å². The van der Waals surface area contributed by atoms with Crippen LogP contribution in [0.15, 0.2) is 91.0 Å². The van der Waals surface area contributed by atoms with E-state index in [0.29, 0.717) is 17.1 Å². The number of fused-ring (bicyclic) bond motifs is 2. The minimum absolute atomic E-state index is 0.0245. The predicted molar refractivity (Wildman–Crippen MR) is 113 cm³/mol. The third-order valence-corrected chi connectivity index (χ3v) is 5.34. The van der Waals surface area contributed by atoms with Crippen LogP contribution in [0.5, 0.6) is 11.5 Å². The van der Waals surface area contributed by atoms with Gasteiger partial charge in [0.05, 0.1) is 6.42 Å². The Balaban J connectivity index is 1.58. The molecule has 4 aromatic carbocycles. The van der Waals surface area contributed by atoms with Gasteiger partial charge in [0.25, 0.3) is 5.79 Å². The van der Waals surface area contributed by atoms with Gasteiger partial charge in [0.2, 0.25) is 0 Å². The highest BCUT2D eigenvalue weighted by molar-refractivity contribution is 5.97. The molecule has 0 saturated heterocycles. The van der Waals surface area contributed by atoms with Crippen molar-refractivity contribution in [2.45, 2.75) is 19.1 Å². The highest BCUT2D eigenvalue weighted by Crippen LogP contribution is 2.48. The van der Waals surface area contributed by atoms with Gasteiger partial charge < -0.3 is 9.47 Å². The summed E-state index contributed by atoms with van der Waals surface area (Å²) < 4.78 is 12.8. The first kappa shape index (κ1) is 17.5. The topological polar surface area (TPSA) is 35.5 Å². The first-order valence-electron chi connectivity index (χ1n) is 9.69. The van der Waals surface area contributed by atoms with Crippen LogP contribution in [0.4, 0.5) is 0 Å². The molecule has 0 atom stereocenters. The van der Waals surface area contributed by atoms with Gasteiger partial charge in [0, 0.05) is 11.1 Å². The van der Waals surface area contributed by atoms with Crippen LogP contribution in [0.2, 0.25) is 0 Å². The van der Waals surface area contributed by atoms with Gasteiger partial charge >= 0.3 is 0 Å². The molecule has 0 aliphatic carbocycles. The number of ketones is 1. The molecule has 0 N–H and O–H groups in total. The smallest absolute Gasteiger partial charge is 0.285 e. The molecule has 0 unspecified atom stereocenters. The Morgan fingerprint density at radius 2 is 1.31 bits per heavy atom. The summed E-state index contributed by atoms with van der Waals surface area (Å²) in [4.78, 5) is 13.1. The number of hydrogen-bond acceptors (Lipinski definition) is 3. The summed E-state index contributed by atoms with van der Waals surface area (Å²) in [5.74, 6) is 0.110. The summed E-state index contributed by atoms with van der Waals surface area (Å²) in [5.41, 5.74) is 2.61. The normalized spacial score (nSPS) is 14.1. The van der Waals surface area contributed by atoms with Crippen molar-refractivity contribution >= 4 is 16.6 Å². The van der Waals surface area contributed by atoms with Crippen molar-refractivity contribution in [3.63, 3.8) is 0 Å². The molecule has 0 amide bonds.